The molecule has 0 saturated heterocycles. The zero-order valence-electron chi connectivity index (χ0n) is 9.98. The molecule has 1 heterocycles. The Morgan fingerprint density at radius 1 is 1.39 bits per heavy atom. The topological polar surface area (TPSA) is 50.2 Å². The number of aliphatic carboxylic acids is 1. The van der Waals surface area contributed by atoms with E-state index < -0.39 is 10.7 Å². The molecule has 0 spiro atoms. The summed E-state index contributed by atoms with van der Waals surface area (Å²) in [4.78, 5) is 16.4. The van der Waals surface area contributed by atoms with Gasteiger partial charge in [0.1, 0.15) is 4.75 Å². The lowest BCUT2D eigenvalue weighted by Gasteiger charge is -2.19. The van der Waals surface area contributed by atoms with Gasteiger partial charge in [-0.2, -0.15) is 0 Å². The van der Waals surface area contributed by atoms with Crippen LogP contribution in [0.2, 0.25) is 0 Å². The number of thioether (sulfide) groups is 1. The average molecular weight is 373 g/mol. The number of nitrogens with zero attached hydrogens (tertiary/aromatic N) is 1. The van der Waals surface area contributed by atoms with Gasteiger partial charge in [-0.3, -0.25) is 9.78 Å². The van der Waals surface area contributed by atoms with E-state index in [0.29, 0.717) is 0 Å². The summed E-state index contributed by atoms with van der Waals surface area (Å²) < 4.78 is 0.262. The molecule has 5 heteroatoms. The Kier molecular flexibility index (Phi) is 3.82. The number of hydrogen-bond donors (Lipinski definition) is 1. The Morgan fingerprint density at radius 2 is 2.11 bits per heavy atom. The zero-order valence-corrected chi connectivity index (χ0v) is 12.9. The first-order valence-electron chi connectivity index (χ1n) is 5.37. The van der Waals surface area contributed by atoms with E-state index in [0.717, 1.165) is 19.4 Å². The van der Waals surface area contributed by atoms with E-state index >= 15 is 0 Å². The van der Waals surface area contributed by atoms with Crippen molar-refractivity contribution in [1.29, 1.82) is 0 Å². The van der Waals surface area contributed by atoms with Crippen molar-refractivity contribution in [2.75, 3.05) is 0 Å². The Balaban J connectivity index is 2.51. The Hall–Kier alpha value is -0.820. The van der Waals surface area contributed by atoms with Crippen molar-refractivity contribution in [3.05, 3.63) is 34.0 Å². The fourth-order valence-corrected chi connectivity index (χ4v) is 3.03. The van der Waals surface area contributed by atoms with Crippen LogP contribution in [-0.4, -0.2) is 20.8 Å². The standard InChI is InChI=1S/C13H12INO2S/c1-13(2,12(16)17)18-11-5-6-15-10-4-3-8(14)7-9(10)11/h3-7H,1-2H3,(H,16,17). The van der Waals surface area contributed by atoms with Gasteiger partial charge in [0.05, 0.1) is 5.52 Å². The number of benzene rings is 1. The fraction of sp³-hybridized carbons (Fsp3) is 0.231. The van der Waals surface area contributed by atoms with Gasteiger partial charge in [0.15, 0.2) is 0 Å². The van der Waals surface area contributed by atoms with Crippen LogP contribution in [-0.2, 0) is 4.79 Å². The lowest BCUT2D eigenvalue weighted by atomic mass is 10.2. The van der Waals surface area contributed by atoms with Crippen LogP contribution in [0.25, 0.3) is 10.9 Å². The molecule has 3 nitrogen and oxygen atoms in total. The summed E-state index contributed by atoms with van der Waals surface area (Å²) in [5.41, 5.74) is 0.890. The molecule has 0 aliphatic rings. The van der Waals surface area contributed by atoms with Gasteiger partial charge in [-0.05, 0) is 60.7 Å². The first kappa shape index (κ1) is 13.6. The second-order valence-electron chi connectivity index (χ2n) is 4.39. The third-order valence-corrected chi connectivity index (χ3v) is 4.48. The number of carbonyl (C=O) groups is 1. The minimum absolute atomic E-state index is 0.817. The van der Waals surface area contributed by atoms with Gasteiger partial charge in [-0.1, -0.05) is 0 Å². The van der Waals surface area contributed by atoms with Crippen LogP contribution >= 0.6 is 34.4 Å². The molecule has 0 bridgehead atoms. The van der Waals surface area contributed by atoms with Gasteiger partial charge < -0.3 is 5.11 Å². The monoisotopic (exact) mass is 373 g/mol. The average Bonchev–Trinajstić information content (AvgIpc) is 2.29. The van der Waals surface area contributed by atoms with E-state index in [2.05, 4.69) is 27.6 Å². The third-order valence-electron chi connectivity index (χ3n) is 2.54. The number of rotatable bonds is 3. The molecule has 2 rings (SSSR count). The summed E-state index contributed by atoms with van der Waals surface area (Å²) in [5.74, 6) is -0.817. The molecular weight excluding hydrogens is 361 g/mol. The van der Waals surface area contributed by atoms with Gasteiger partial charge >= 0.3 is 5.97 Å². The van der Waals surface area contributed by atoms with Gasteiger partial charge in [-0.15, -0.1) is 11.8 Å². The van der Waals surface area contributed by atoms with E-state index in [4.69, 9.17) is 0 Å². The van der Waals surface area contributed by atoms with Crippen LogP contribution in [0, 0.1) is 3.57 Å². The fourth-order valence-electron chi connectivity index (χ4n) is 1.50. The van der Waals surface area contributed by atoms with E-state index in [9.17, 15) is 9.90 Å². The maximum atomic E-state index is 11.2. The van der Waals surface area contributed by atoms with Crippen LogP contribution in [0.5, 0.6) is 0 Å². The number of fused-ring (bicyclic) bond motifs is 1. The van der Waals surface area contributed by atoms with E-state index in [1.54, 1.807) is 20.0 Å². The number of pyridine rings is 1. The quantitative estimate of drug-likeness (QED) is 0.657. The summed E-state index contributed by atoms with van der Waals surface area (Å²) in [6, 6.07) is 7.85. The predicted octanol–water partition coefficient (Wildman–Crippen LogP) is 3.79. The highest BCUT2D eigenvalue weighted by Crippen LogP contribution is 2.36. The molecule has 0 fully saturated rings. The summed E-state index contributed by atoms with van der Waals surface area (Å²) in [6.07, 6.45) is 1.72. The number of aromatic nitrogens is 1. The van der Waals surface area contributed by atoms with E-state index in [-0.39, 0.29) is 0 Å². The summed E-state index contributed by atoms with van der Waals surface area (Å²) in [6.45, 7) is 3.42. The Labute approximate surface area is 123 Å². The SMILES string of the molecule is CC(C)(Sc1ccnc2ccc(I)cc12)C(=O)O. The third kappa shape index (κ3) is 2.77. The molecule has 18 heavy (non-hydrogen) atoms. The molecule has 0 amide bonds. The van der Waals surface area contributed by atoms with Crippen molar-refractivity contribution in [3.63, 3.8) is 0 Å². The highest BCUT2D eigenvalue weighted by Gasteiger charge is 2.29. The van der Waals surface area contributed by atoms with Crippen LogP contribution in [0.4, 0.5) is 0 Å². The highest BCUT2D eigenvalue weighted by atomic mass is 127. The highest BCUT2D eigenvalue weighted by molar-refractivity contribution is 14.1. The first-order chi connectivity index (χ1) is 8.40. The second kappa shape index (κ2) is 5.05. The molecule has 0 aliphatic carbocycles. The molecule has 0 unspecified atom stereocenters. The van der Waals surface area contributed by atoms with Crippen molar-refractivity contribution in [3.8, 4) is 0 Å². The lowest BCUT2D eigenvalue weighted by molar-refractivity contribution is -0.138. The first-order valence-corrected chi connectivity index (χ1v) is 7.26. The van der Waals surface area contributed by atoms with Crippen LogP contribution in [0.1, 0.15) is 13.8 Å². The summed E-state index contributed by atoms with van der Waals surface area (Å²) >= 11 is 3.59. The minimum atomic E-state index is -0.852. The van der Waals surface area contributed by atoms with Gasteiger partial charge in [0, 0.05) is 20.0 Å². The molecule has 0 atom stereocenters. The maximum absolute atomic E-state index is 11.2. The van der Waals surface area contributed by atoms with Crippen LogP contribution < -0.4 is 0 Å². The van der Waals surface area contributed by atoms with Crippen molar-refractivity contribution in [2.24, 2.45) is 0 Å². The normalized spacial score (nSPS) is 11.7. The van der Waals surface area contributed by atoms with E-state index in [1.165, 1.54) is 11.8 Å². The van der Waals surface area contributed by atoms with Crippen molar-refractivity contribution < 1.29 is 9.90 Å². The molecule has 0 radical (unpaired) electrons. The number of carboxylic acid groups (broad SMARTS) is 1. The van der Waals surface area contributed by atoms with Gasteiger partial charge in [-0.25, -0.2) is 0 Å². The van der Waals surface area contributed by atoms with Gasteiger partial charge in [0.2, 0.25) is 0 Å². The maximum Gasteiger partial charge on any atom is 0.319 e. The number of carboxylic acids is 1. The minimum Gasteiger partial charge on any atom is -0.480 e. The largest absolute Gasteiger partial charge is 0.480 e. The number of halogens is 1. The molecule has 0 aliphatic heterocycles. The Bertz CT molecular complexity index is 613. The van der Waals surface area contributed by atoms with Crippen molar-refractivity contribution in [1.82, 2.24) is 4.98 Å². The summed E-state index contributed by atoms with van der Waals surface area (Å²) in [7, 11) is 0. The molecule has 1 aromatic heterocycles. The smallest absolute Gasteiger partial charge is 0.319 e. The van der Waals surface area contributed by atoms with Crippen molar-refractivity contribution in [2.45, 2.75) is 23.5 Å². The molecule has 1 aromatic carbocycles. The van der Waals surface area contributed by atoms with Crippen LogP contribution in [0.15, 0.2) is 35.4 Å². The second-order valence-corrected chi connectivity index (χ2v) is 7.30. The van der Waals surface area contributed by atoms with Gasteiger partial charge in [0.25, 0.3) is 0 Å². The molecule has 94 valence electrons. The Morgan fingerprint density at radius 3 is 2.78 bits per heavy atom. The van der Waals surface area contributed by atoms with Crippen LogP contribution in [0.3, 0.4) is 0 Å². The lowest BCUT2D eigenvalue weighted by Crippen LogP contribution is -2.26. The summed E-state index contributed by atoms with van der Waals surface area (Å²) in [5, 5.41) is 10.2. The molecule has 2 aromatic rings. The number of hydrogen-bond acceptors (Lipinski definition) is 3. The zero-order chi connectivity index (χ0) is 13.3. The molecule has 0 saturated carbocycles. The van der Waals surface area contributed by atoms with Crippen molar-refractivity contribution >= 4 is 51.2 Å². The molecular formula is C13H12INO2S. The van der Waals surface area contributed by atoms with E-state index in [1.807, 2.05) is 24.3 Å². The molecule has 1 N–H and O–H groups in total. The predicted molar refractivity (Wildman–Crippen MR) is 82.0 cm³/mol.